The predicted molar refractivity (Wildman–Crippen MR) is 96.0 cm³/mol. The normalized spacial score (nSPS) is 13.3. The van der Waals surface area contributed by atoms with Crippen LogP contribution in [0.2, 0.25) is 0 Å². The number of rotatable bonds is 9. The van der Waals surface area contributed by atoms with Crippen LogP contribution in [-0.4, -0.2) is 35.4 Å². The fourth-order valence-corrected chi connectivity index (χ4v) is 2.81. The monoisotopic (exact) mass is 378 g/mol. The molecule has 1 aromatic heterocycles. The van der Waals surface area contributed by atoms with E-state index in [1.807, 2.05) is 0 Å². The molecule has 1 aromatic carbocycles. The maximum absolute atomic E-state index is 12.1. The summed E-state index contributed by atoms with van der Waals surface area (Å²) in [5.74, 6) is -1.49. The largest absolute Gasteiger partial charge is 0.466 e. The summed E-state index contributed by atoms with van der Waals surface area (Å²) in [5, 5.41) is 28.3. The smallest absolute Gasteiger partial charge is 0.315 e. The molecule has 8 nitrogen and oxygen atoms in total. The zero-order chi connectivity index (χ0) is 18.9. The topological polar surface area (TPSA) is 111 Å². The van der Waals surface area contributed by atoms with E-state index in [2.05, 4.69) is 5.16 Å². The Hall–Kier alpha value is -2.78. The number of thiophene rings is 1. The summed E-state index contributed by atoms with van der Waals surface area (Å²) < 4.78 is 4.98. The Kier molecular flexibility index (Phi) is 7.24. The van der Waals surface area contributed by atoms with Gasteiger partial charge in [0, 0.05) is 12.1 Å². The number of aliphatic hydroxyl groups excluding tert-OH is 1. The van der Waals surface area contributed by atoms with Gasteiger partial charge in [0.1, 0.15) is 12.5 Å². The Morgan fingerprint density at radius 1 is 1.38 bits per heavy atom. The van der Waals surface area contributed by atoms with E-state index in [1.54, 1.807) is 23.8 Å². The van der Waals surface area contributed by atoms with Crippen LogP contribution in [0.5, 0.6) is 0 Å². The Morgan fingerprint density at radius 2 is 2.12 bits per heavy atom. The highest BCUT2D eigenvalue weighted by atomic mass is 32.1. The molecule has 2 atom stereocenters. The van der Waals surface area contributed by atoms with Gasteiger partial charge in [-0.05, 0) is 47.0 Å². The lowest BCUT2D eigenvalue weighted by Crippen LogP contribution is -2.28. The van der Waals surface area contributed by atoms with Crippen LogP contribution < -0.4 is 0 Å². The third-order valence-corrected chi connectivity index (χ3v) is 4.19. The van der Waals surface area contributed by atoms with E-state index in [9.17, 15) is 20.0 Å². The van der Waals surface area contributed by atoms with Crippen LogP contribution in [0.1, 0.15) is 24.2 Å². The van der Waals surface area contributed by atoms with Gasteiger partial charge < -0.3 is 14.7 Å². The van der Waals surface area contributed by atoms with Crippen LogP contribution in [0.4, 0.5) is 5.69 Å². The molecule has 9 heteroatoms. The Bertz CT molecular complexity index is 745. The third-order valence-electron chi connectivity index (χ3n) is 3.49. The first kappa shape index (κ1) is 19.5. The van der Waals surface area contributed by atoms with E-state index in [0.29, 0.717) is 11.1 Å². The van der Waals surface area contributed by atoms with Crippen LogP contribution in [0, 0.1) is 16.0 Å². The van der Waals surface area contributed by atoms with Crippen LogP contribution >= 0.6 is 11.3 Å². The highest BCUT2D eigenvalue weighted by Crippen LogP contribution is 2.25. The number of aliphatic hydroxyl groups is 1. The standard InChI is InChI=1S/C17H18N2O6S/c1-2-24-17(21)15(16(20)13-7-8-26-11-13)10-25-18-9-12-3-5-14(6-4-12)19(22)23/h3-9,11,15-16,20H,2,10H2,1H3/b18-9+/t15-,16+/m0/s1. The second kappa shape index (κ2) is 9.64. The van der Waals surface area contributed by atoms with Crippen molar-refractivity contribution in [1.82, 2.24) is 0 Å². The average Bonchev–Trinajstić information content (AvgIpc) is 3.16. The van der Waals surface area contributed by atoms with Crippen molar-refractivity contribution in [2.45, 2.75) is 13.0 Å². The minimum Gasteiger partial charge on any atom is -0.466 e. The van der Waals surface area contributed by atoms with E-state index in [1.165, 1.54) is 41.8 Å². The summed E-state index contributed by atoms with van der Waals surface area (Å²) >= 11 is 1.41. The van der Waals surface area contributed by atoms with Crippen LogP contribution in [0.25, 0.3) is 0 Å². The zero-order valence-corrected chi connectivity index (χ0v) is 14.8. The second-order valence-electron chi connectivity index (χ2n) is 5.24. The van der Waals surface area contributed by atoms with Crippen molar-refractivity contribution in [1.29, 1.82) is 0 Å². The van der Waals surface area contributed by atoms with Gasteiger partial charge in [-0.2, -0.15) is 11.3 Å². The van der Waals surface area contributed by atoms with Gasteiger partial charge in [0.2, 0.25) is 0 Å². The van der Waals surface area contributed by atoms with Gasteiger partial charge in [-0.25, -0.2) is 0 Å². The lowest BCUT2D eigenvalue weighted by molar-refractivity contribution is -0.384. The van der Waals surface area contributed by atoms with Crippen molar-refractivity contribution in [2.24, 2.45) is 11.1 Å². The molecule has 2 aromatic rings. The van der Waals surface area contributed by atoms with Gasteiger partial charge in [-0.3, -0.25) is 14.9 Å². The molecular formula is C17H18N2O6S. The first-order valence-electron chi connectivity index (χ1n) is 7.79. The van der Waals surface area contributed by atoms with Gasteiger partial charge in [-0.1, -0.05) is 5.16 Å². The molecule has 0 aliphatic carbocycles. The van der Waals surface area contributed by atoms with Crippen molar-refractivity contribution in [3.8, 4) is 0 Å². The van der Waals surface area contributed by atoms with Crippen molar-refractivity contribution in [3.63, 3.8) is 0 Å². The summed E-state index contributed by atoms with van der Waals surface area (Å²) in [6.07, 6.45) is 0.304. The maximum atomic E-state index is 12.1. The third kappa shape index (κ3) is 5.36. The average molecular weight is 378 g/mol. The number of esters is 1. The van der Waals surface area contributed by atoms with Crippen molar-refractivity contribution in [3.05, 3.63) is 62.3 Å². The summed E-state index contributed by atoms with van der Waals surface area (Å²) in [7, 11) is 0. The fourth-order valence-electron chi connectivity index (χ4n) is 2.12. The molecule has 1 N–H and O–H groups in total. The summed E-state index contributed by atoms with van der Waals surface area (Å²) in [5.41, 5.74) is 1.18. The first-order valence-corrected chi connectivity index (χ1v) is 8.73. The van der Waals surface area contributed by atoms with Gasteiger partial charge in [0.15, 0.2) is 0 Å². The number of nitrogens with zero attached hydrogens (tertiary/aromatic N) is 2. The van der Waals surface area contributed by atoms with Gasteiger partial charge in [0.05, 0.1) is 23.8 Å². The van der Waals surface area contributed by atoms with Gasteiger partial charge in [0.25, 0.3) is 5.69 Å². The van der Waals surface area contributed by atoms with E-state index in [-0.39, 0.29) is 18.9 Å². The molecule has 0 amide bonds. The number of hydrogen-bond acceptors (Lipinski definition) is 8. The molecule has 0 aliphatic heterocycles. The summed E-state index contributed by atoms with van der Waals surface area (Å²) in [6.45, 7) is 1.70. The fraction of sp³-hybridized carbons (Fsp3) is 0.294. The molecule has 0 spiro atoms. The van der Waals surface area contributed by atoms with Crippen LogP contribution in [0.3, 0.4) is 0 Å². The maximum Gasteiger partial charge on any atom is 0.315 e. The van der Waals surface area contributed by atoms with E-state index in [4.69, 9.17) is 9.57 Å². The number of carbonyl (C=O) groups excluding carboxylic acids is 1. The molecule has 26 heavy (non-hydrogen) atoms. The quantitative estimate of drug-likeness (QED) is 0.311. The van der Waals surface area contributed by atoms with Gasteiger partial charge in [-0.15, -0.1) is 0 Å². The molecule has 1 heterocycles. The van der Waals surface area contributed by atoms with Crippen LogP contribution in [-0.2, 0) is 14.4 Å². The number of hydrogen-bond donors (Lipinski definition) is 1. The van der Waals surface area contributed by atoms with Crippen LogP contribution in [0.15, 0.2) is 46.2 Å². The Balaban J connectivity index is 1.97. The number of nitro benzene ring substituents is 1. The molecule has 0 bridgehead atoms. The number of non-ortho nitro benzene ring substituents is 1. The van der Waals surface area contributed by atoms with Crippen molar-refractivity contribution in [2.75, 3.05) is 13.2 Å². The molecule has 0 aliphatic rings. The van der Waals surface area contributed by atoms with Crippen molar-refractivity contribution < 1.29 is 24.4 Å². The SMILES string of the molecule is CCOC(=O)[C@@H](CO/N=C/c1ccc([N+](=O)[O-])cc1)[C@H](O)c1ccsc1. The number of carbonyl (C=O) groups is 1. The molecule has 0 saturated carbocycles. The molecule has 0 unspecified atom stereocenters. The Labute approximate surface area is 153 Å². The van der Waals surface area contributed by atoms with Crippen molar-refractivity contribution >= 4 is 29.2 Å². The minimum absolute atomic E-state index is 0.0238. The molecule has 0 saturated heterocycles. The Morgan fingerprint density at radius 3 is 2.69 bits per heavy atom. The minimum atomic E-state index is -1.06. The molecule has 2 rings (SSSR count). The lowest BCUT2D eigenvalue weighted by atomic mass is 9.99. The van der Waals surface area contributed by atoms with Gasteiger partial charge >= 0.3 is 5.97 Å². The second-order valence-corrected chi connectivity index (χ2v) is 6.02. The number of oxime groups is 1. The molecule has 0 fully saturated rings. The number of nitro groups is 1. The molecular weight excluding hydrogens is 360 g/mol. The summed E-state index contributed by atoms with van der Waals surface area (Å²) in [6, 6.07) is 7.47. The molecule has 138 valence electrons. The first-order chi connectivity index (χ1) is 12.5. The van der Waals surface area contributed by atoms with E-state index in [0.717, 1.165) is 0 Å². The zero-order valence-electron chi connectivity index (χ0n) is 14.0. The van der Waals surface area contributed by atoms with E-state index >= 15 is 0 Å². The number of ether oxygens (including phenoxy) is 1. The number of benzene rings is 1. The molecule has 0 radical (unpaired) electrons. The van der Waals surface area contributed by atoms with E-state index < -0.39 is 22.9 Å². The highest BCUT2D eigenvalue weighted by Gasteiger charge is 2.30. The predicted octanol–water partition coefficient (Wildman–Crippen LogP) is 2.92. The summed E-state index contributed by atoms with van der Waals surface area (Å²) in [4.78, 5) is 27.3. The highest BCUT2D eigenvalue weighted by molar-refractivity contribution is 7.07. The lowest BCUT2D eigenvalue weighted by Gasteiger charge is -2.19.